The van der Waals surface area contributed by atoms with E-state index in [1.165, 1.54) is 0 Å². The topological polar surface area (TPSA) is 67.0 Å². The van der Waals surface area contributed by atoms with Crippen LogP contribution in [0.1, 0.15) is 35.0 Å². The third-order valence-corrected chi connectivity index (χ3v) is 4.85. The first kappa shape index (κ1) is 17.0. The van der Waals surface area contributed by atoms with Gasteiger partial charge in [-0.25, -0.2) is 0 Å². The van der Waals surface area contributed by atoms with E-state index in [1.54, 1.807) is 0 Å². The van der Waals surface area contributed by atoms with Gasteiger partial charge in [-0.3, -0.25) is 9.89 Å². The Morgan fingerprint density at radius 2 is 2.17 bits per heavy atom. The highest BCUT2D eigenvalue weighted by Gasteiger charge is 2.28. The van der Waals surface area contributed by atoms with Gasteiger partial charge in [-0.1, -0.05) is 23.7 Å². The standard InChI is InChI=1S/C18H22ClN3O2/c1-11-16(12(2)22-21-11)9-17(23)20-18(14-7-8-24-10-14)13-3-5-15(19)6-4-13/h3-6,14,18H,7-10H2,1-2H3,(H,20,23)(H,21,22)/t14-,18+/m1/s1. The number of carbonyl (C=O) groups is 1. The maximum atomic E-state index is 12.6. The van der Waals surface area contributed by atoms with Crippen LogP contribution in [0.25, 0.3) is 0 Å². The molecule has 24 heavy (non-hydrogen) atoms. The summed E-state index contributed by atoms with van der Waals surface area (Å²) in [5, 5.41) is 11.0. The number of hydrogen-bond donors (Lipinski definition) is 2. The normalized spacial score (nSPS) is 18.5. The molecule has 1 amide bonds. The molecule has 1 aromatic carbocycles. The summed E-state index contributed by atoms with van der Waals surface area (Å²) >= 11 is 5.99. The number of benzene rings is 1. The molecular formula is C18H22ClN3O2. The molecule has 5 nitrogen and oxygen atoms in total. The summed E-state index contributed by atoms with van der Waals surface area (Å²) in [5.41, 5.74) is 3.83. The van der Waals surface area contributed by atoms with E-state index < -0.39 is 0 Å². The summed E-state index contributed by atoms with van der Waals surface area (Å²) in [6, 6.07) is 7.59. The molecule has 3 rings (SSSR count). The summed E-state index contributed by atoms with van der Waals surface area (Å²) in [6.07, 6.45) is 1.27. The van der Waals surface area contributed by atoms with Crippen LogP contribution in [0.3, 0.4) is 0 Å². The van der Waals surface area contributed by atoms with Crippen molar-refractivity contribution < 1.29 is 9.53 Å². The molecule has 2 aromatic rings. The van der Waals surface area contributed by atoms with Crippen LogP contribution in [0.15, 0.2) is 24.3 Å². The first-order valence-electron chi connectivity index (χ1n) is 8.17. The molecule has 6 heteroatoms. The molecule has 2 atom stereocenters. The molecule has 128 valence electrons. The van der Waals surface area contributed by atoms with Crippen LogP contribution in [-0.4, -0.2) is 29.3 Å². The van der Waals surface area contributed by atoms with E-state index in [1.807, 2.05) is 38.1 Å². The van der Waals surface area contributed by atoms with Crippen LogP contribution >= 0.6 is 11.6 Å². The number of hydrogen-bond acceptors (Lipinski definition) is 3. The predicted molar refractivity (Wildman–Crippen MR) is 93.0 cm³/mol. The van der Waals surface area contributed by atoms with Gasteiger partial charge in [0.15, 0.2) is 0 Å². The summed E-state index contributed by atoms with van der Waals surface area (Å²) in [6.45, 7) is 5.25. The van der Waals surface area contributed by atoms with Crippen LogP contribution in [0.4, 0.5) is 0 Å². The monoisotopic (exact) mass is 347 g/mol. The lowest BCUT2D eigenvalue weighted by atomic mass is 9.92. The third kappa shape index (κ3) is 3.79. The Morgan fingerprint density at radius 1 is 1.42 bits per heavy atom. The van der Waals surface area contributed by atoms with Gasteiger partial charge in [0.1, 0.15) is 0 Å². The van der Waals surface area contributed by atoms with E-state index >= 15 is 0 Å². The summed E-state index contributed by atoms with van der Waals surface area (Å²) < 4.78 is 5.52. The van der Waals surface area contributed by atoms with Crippen molar-refractivity contribution in [2.75, 3.05) is 13.2 Å². The Morgan fingerprint density at radius 3 is 2.75 bits per heavy atom. The van der Waals surface area contributed by atoms with Crippen molar-refractivity contribution in [3.05, 3.63) is 51.8 Å². The Bertz CT molecular complexity index is 686. The van der Waals surface area contributed by atoms with E-state index in [4.69, 9.17) is 16.3 Å². The van der Waals surface area contributed by atoms with Gasteiger partial charge in [0.25, 0.3) is 0 Å². The molecule has 0 saturated carbocycles. The number of halogens is 1. The largest absolute Gasteiger partial charge is 0.381 e. The van der Waals surface area contributed by atoms with Crippen molar-refractivity contribution in [3.8, 4) is 0 Å². The number of ether oxygens (including phenoxy) is 1. The highest BCUT2D eigenvalue weighted by Crippen LogP contribution is 2.29. The van der Waals surface area contributed by atoms with Gasteiger partial charge in [0.05, 0.1) is 24.8 Å². The lowest BCUT2D eigenvalue weighted by Gasteiger charge is -2.24. The fourth-order valence-electron chi connectivity index (χ4n) is 3.18. The van der Waals surface area contributed by atoms with Gasteiger partial charge in [-0.05, 0) is 38.0 Å². The lowest BCUT2D eigenvalue weighted by Crippen LogP contribution is -2.35. The first-order valence-corrected chi connectivity index (χ1v) is 8.55. The molecule has 0 aliphatic carbocycles. The van der Waals surface area contributed by atoms with E-state index in [9.17, 15) is 4.79 Å². The summed E-state index contributed by atoms with van der Waals surface area (Å²) in [5.74, 6) is 0.274. The third-order valence-electron chi connectivity index (χ3n) is 4.60. The molecule has 2 N–H and O–H groups in total. The minimum Gasteiger partial charge on any atom is -0.381 e. The van der Waals surface area contributed by atoms with Crippen molar-refractivity contribution in [1.29, 1.82) is 0 Å². The molecule has 1 fully saturated rings. The fraction of sp³-hybridized carbons (Fsp3) is 0.444. The number of H-pyrrole nitrogens is 1. The molecule has 1 aliphatic heterocycles. The Kier molecular flexibility index (Phi) is 5.21. The minimum absolute atomic E-state index is 0.00514. The van der Waals surface area contributed by atoms with Crippen molar-refractivity contribution in [1.82, 2.24) is 15.5 Å². The number of rotatable bonds is 5. The molecule has 0 spiro atoms. The van der Waals surface area contributed by atoms with Gasteiger partial charge < -0.3 is 10.1 Å². The molecule has 0 bridgehead atoms. The van der Waals surface area contributed by atoms with Crippen LogP contribution in [-0.2, 0) is 16.0 Å². The second-order valence-electron chi connectivity index (χ2n) is 6.31. The van der Waals surface area contributed by atoms with E-state index in [-0.39, 0.29) is 17.9 Å². The van der Waals surface area contributed by atoms with Gasteiger partial charge in [-0.2, -0.15) is 5.10 Å². The average Bonchev–Trinajstić information content (AvgIpc) is 3.19. The first-order chi connectivity index (χ1) is 11.5. The zero-order valence-corrected chi connectivity index (χ0v) is 14.7. The fourth-order valence-corrected chi connectivity index (χ4v) is 3.30. The van der Waals surface area contributed by atoms with E-state index in [0.717, 1.165) is 35.5 Å². The maximum absolute atomic E-state index is 12.6. The highest BCUT2D eigenvalue weighted by molar-refractivity contribution is 6.30. The van der Waals surface area contributed by atoms with Gasteiger partial charge in [0, 0.05) is 28.8 Å². The van der Waals surface area contributed by atoms with Gasteiger partial charge >= 0.3 is 0 Å². The Labute approximate surface area is 146 Å². The van der Waals surface area contributed by atoms with Crippen molar-refractivity contribution in [2.24, 2.45) is 5.92 Å². The second-order valence-corrected chi connectivity index (χ2v) is 6.75. The summed E-state index contributed by atoms with van der Waals surface area (Å²) in [7, 11) is 0. The molecule has 1 saturated heterocycles. The minimum atomic E-state index is -0.0650. The zero-order chi connectivity index (χ0) is 17.1. The van der Waals surface area contributed by atoms with Crippen LogP contribution in [0.5, 0.6) is 0 Å². The number of amides is 1. The van der Waals surface area contributed by atoms with Crippen molar-refractivity contribution >= 4 is 17.5 Å². The quantitative estimate of drug-likeness (QED) is 0.873. The van der Waals surface area contributed by atoms with Crippen LogP contribution < -0.4 is 5.32 Å². The van der Waals surface area contributed by atoms with Crippen LogP contribution in [0.2, 0.25) is 5.02 Å². The SMILES string of the molecule is Cc1n[nH]c(C)c1CC(=O)N[C@@H](c1ccc(Cl)cc1)[C@@H]1CCOC1. The maximum Gasteiger partial charge on any atom is 0.225 e. The van der Waals surface area contributed by atoms with Gasteiger partial charge in [-0.15, -0.1) is 0 Å². The lowest BCUT2D eigenvalue weighted by molar-refractivity contribution is -0.121. The number of nitrogens with zero attached hydrogens (tertiary/aromatic N) is 1. The molecule has 0 unspecified atom stereocenters. The summed E-state index contributed by atoms with van der Waals surface area (Å²) in [4.78, 5) is 12.6. The number of carbonyl (C=O) groups excluding carboxylic acids is 1. The average molecular weight is 348 g/mol. The number of nitrogens with one attached hydrogen (secondary N) is 2. The number of aromatic amines is 1. The smallest absolute Gasteiger partial charge is 0.225 e. The van der Waals surface area contributed by atoms with Gasteiger partial charge in [0.2, 0.25) is 5.91 Å². The number of aryl methyl sites for hydroxylation is 2. The molecule has 0 radical (unpaired) electrons. The van der Waals surface area contributed by atoms with E-state index in [2.05, 4.69) is 15.5 Å². The molecular weight excluding hydrogens is 326 g/mol. The number of aromatic nitrogens is 2. The second kappa shape index (κ2) is 7.36. The molecule has 1 aromatic heterocycles. The highest BCUT2D eigenvalue weighted by atomic mass is 35.5. The van der Waals surface area contributed by atoms with Crippen molar-refractivity contribution in [2.45, 2.75) is 32.7 Å². The van der Waals surface area contributed by atoms with Crippen LogP contribution in [0, 0.1) is 19.8 Å². The van der Waals surface area contributed by atoms with E-state index in [0.29, 0.717) is 18.1 Å². The Hall–Kier alpha value is -1.85. The molecule has 1 aliphatic rings. The van der Waals surface area contributed by atoms with Crippen molar-refractivity contribution in [3.63, 3.8) is 0 Å². The zero-order valence-electron chi connectivity index (χ0n) is 13.9. The molecule has 2 heterocycles. The predicted octanol–water partition coefficient (Wildman–Crippen LogP) is 3.12. The Balaban J connectivity index is 1.76.